The Labute approximate surface area is 207 Å². The van der Waals surface area contributed by atoms with E-state index in [1.54, 1.807) is 29.2 Å². The quantitative estimate of drug-likeness (QED) is 0.331. The van der Waals surface area contributed by atoms with Gasteiger partial charge in [-0.25, -0.2) is 0 Å². The van der Waals surface area contributed by atoms with E-state index in [1.165, 1.54) is 0 Å². The van der Waals surface area contributed by atoms with Gasteiger partial charge >= 0.3 is 0 Å². The van der Waals surface area contributed by atoms with Crippen LogP contribution in [0, 0.1) is 11.3 Å². The van der Waals surface area contributed by atoms with Gasteiger partial charge in [0.15, 0.2) is 0 Å². The van der Waals surface area contributed by atoms with Crippen LogP contribution < -0.4 is 10.6 Å². The molecule has 1 fully saturated rings. The molecule has 3 aromatic carbocycles. The van der Waals surface area contributed by atoms with Crippen molar-refractivity contribution in [1.82, 2.24) is 4.90 Å². The molecule has 1 aliphatic heterocycles. The van der Waals surface area contributed by atoms with Crippen molar-refractivity contribution in [3.63, 3.8) is 0 Å². The fourth-order valence-corrected chi connectivity index (χ4v) is 4.65. The molecule has 1 aliphatic rings. The highest BCUT2D eigenvalue weighted by Crippen LogP contribution is 2.26. The highest BCUT2D eigenvalue weighted by Gasteiger charge is 2.25. The summed E-state index contributed by atoms with van der Waals surface area (Å²) in [5.74, 6) is -0.526. The molecule has 4 rings (SSSR count). The topological polar surface area (TPSA) is 85.2 Å². The van der Waals surface area contributed by atoms with Crippen LogP contribution in [0.2, 0.25) is 5.02 Å². The lowest BCUT2D eigenvalue weighted by atomic mass is 10.1. The summed E-state index contributed by atoms with van der Waals surface area (Å²) in [4.78, 5) is 27.4. The molecular weight excluding hydrogens is 468 g/mol. The second-order valence-corrected chi connectivity index (χ2v) is 9.27. The smallest absolute Gasteiger partial charge is 0.267 e. The third-order valence-corrected chi connectivity index (χ3v) is 6.68. The largest absolute Gasteiger partial charge is 0.349 e. The molecule has 0 atom stereocenters. The summed E-state index contributed by atoms with van der Waals surface area (Å²) in [6, 6.07) is 22.6. The predicted octanol–water partition coefficient (Wildman–Crippen LogP) is 5.63. The van der Waals surface area contributed by atoms with E-state index >= 15 is 0 Å². The fraction of sp³-hybridized carbons (Fsp3) is 0.192. The van der Waals surface area contributed by atoms with Gasteiger partial charge in [0.2, 0.25) is 5.91 Å². The maximum atomic E-state index is 13.0. The summed E-state index contributed by atoms with van der Waals surface area (Å²) < 4.78 is 0. The first-order chi connectivity index (χ1) is 16.5. The minimum atomic E-state index is -0.320. The highest BCUT2D eigenvalue weighted by molar-refractivity contribution is 8.03. The zero-order valence-electron chi connectivity index (χ0n) is 18.4. The van der Waals surface area contributed by atoms with E-state index in [4.69, 9.17) is 11.6 Å². The van der Waals surface area contributed by atoms with Crippen LogP contribution in [0.4, 0.5) is 11.4 Å². The number of nitrogens with one attached hydrogen (secondary N) is 2. The number of rotatable bonds is 7. The van der Waals surface area contributed by atoms with Gasteiger partial charge in [-0.1, -0.05) is 53.7 Å². The number of nitrogens with zero attached hydrogens (tertiary/aromatic N) is 2. The van der Waals surface area contributed by atoms with E-state index in [0.717, 1.165) is 35.4 Å². The van der Waals surface area contributed by atoms with Crippen molar-refractivity contribution < 1.29 is 9.59 Å². The average Bonchev–Trinajstić information content (AvgIpc) is 3.39. The molecular formula is C26H23ClN4O2S. The van der Waals surface area contributed by atoms with Gasteiger partial charge < -0.3 is 15.5 Å². The van der Waals surface area contributed by atoms with Crippen LogP contribution in [-0.2, 0) is 9.59 Å². The molecule has 0 saturated carbocycles. The Morgan fingerprint density at radius 2 is 1.62 bits per heavy atom. The van der Waals surface area contributed by atoms with Crippen LogP contribution >= 0.6 is 23.4 Å². The number of carbonyl (C=O) groups is 2. The number of nitriles is 1. The average molecular weight is 491 g/mol. The SMILES string of the molecule is N#CC(C(=O)N1CCCC1)=C(Nc1ccc(Cl)cc1)SCC(=O)Nc1ccc2ccccc2c1. The molecule has 8 heteroatoms. The van der Waals surface area contributed by atoms with Gasteiger partial charge in [-0.3, -0.25) is 9.59 Å². The molecule has 0 radical (unpaired) electrons. The van der Waals surface area contributed by atoms with Gasteiger partial charge in [-0.2, -0.15) is 5.26 Å². The molecule has 0 aliphatic carbocycles. The summed E-state index contributed by atoms with van der Waals surface area (Å²) >= 11 is 7.10. The number of amides is 2. The second kappa shape index (κ2) is 11.1. The van der Waals surface area contributed by atoms with E-state index in [2.05, 4.69) is 16.7 Å². The minimum Gasteiger partial charge on any atom is -0.349 e. The van der Waals surface area contributed by atoms with Gasteiger partial charge in [0.1, 0.15) is 11.6 Å². The Balaban J connectivity index is 1.51. The van der Waals surface area contributed by atoms with Crippen molar-refractivity contribution in [3.8, 4) is 6.07 Å². The standard InChI is InChI=1S/C26H23ClN4O2S/c27-20-8-11-21(12-9-20)30-25(23(16-28)26(33)31-13-3-4-14-31)34-17-24(32)29-22-10-7-18-5-1-2-6-19(18)15-22/h1-2,5-12,15,30H,3-4,13-14,17H2,(H,29,32). The third-order valence-electron chi connectivity index (χ3n) is 5.43. The van der Waals surface area contributed by atoms with Crippen molar-refractivity contribution in [3.05, 3.63) is 82.4 Å². The minimum absolute atomic E-state index is 0.000329. The summed E-state index contributed by atoms with van der Waals surface area (Å²) in [6.45, 7) is 1.26. The Morgan fingerprint density at radius 3 is 2.32 bits per heavy atom. The highest BCUT2D eigenvalue weighted by atomic mass is 35.5. The van der Waals surface area contributed by atoms with Gasteiger partial charge in [-0.05, 0) is 60.0 Å². The number of carbonyl (C=O) groups excluding carboxylic acids is 2. The van der Waals surface area contributed by atoms with Crippen molar-refractivity contribution in [1.29, 1.82) is 5.26 Å². The van der Waals surface area contributed by atoms with Gasteiger partial charge in [0, 0.05) is 29.5 Å². The first-order valence-electron chi connectivity index (χ1n) is 10.9. The first kappa shape index (κ1) is 23.7. The number of benzene rings is 3. The Morgan fingerprint density at radius 1 is 0.941 bits per heavy atom. The summed E-state index contributed by atoms with van der Waals surface area (Å²) in [6.07, 6.45) is 1.84. The van der Waals surface area contributed by atoms with Crippen molar-refractivity contribution in [2.45, 2.75) is 12.8 Å². The van der Waals surface area contributed by atoms with Crippen LogP contribution in [0.1, 0.15) is 12.8 Å². The van der Waals surface area contributed by atoms with Gasteiger partial charge in [-0.15, -0.1) is 0 Å². The Kier molecular flexibility index (Phi) is 7.73. The van der Waals surface area contributed by atoms with E-state index in [1.807, 2.05) is 42.5 Å². The zero-order chi connectivity index (χ0) is 23.9. The van der Waals surface area contributed by atoms with Crippen LogP contribution in [0.3, 0.4) is 0 Å². The van der Waals surface area contributed by atoms with Crippen molar-refractivity contribution in [2.24, 2.45) is 0 Å². The van der Waals surface area contributed by atoms with E-state index in [-0.39, 0.29) is 23.1 Å². The van der Waals surface area contributed by atoms with Crippen LogP contribution in [0.15, 0.2) is 77.3 Å². The van der Waals surface area contributed by atoms with E-state index in [9.17, 15) is 14.9 Å². The molecule has 1 saturated heterocycles. The molecule has 0 unspecified atom stereocenters. The molecule has 0 spiro atoms. The van der Waals surface area contributed by atoms with E-state index < -0.39 is 0 Å². The van der Waals surface area contributed by atoms with Crippen LogP contribution in [0.25, 0.3) is 10.8 Å². The van der Waals surface area contributed by atoms with Crippen molar-refractivity contribution >= 4 is 57.3 Å². The normalized spacial score (nSPS) is 13.8. The van der Waals surface area contributed by atoms with Crippen LogP contribution in [0.5, 0.6) is 0 Å². The monoisotopic (exact) mass is 490 g/mol. The third kappa shape index (κ3) is 5.90. The predicted molar refractivity (Wildman–Crippen MR) is 139 cm³/mol. The number of fused-ring (bicyclic) bond motifs is 1. The lowest BCUT2D eigenvalue weighted by molar-refractivity contribution is -0.125. The van der Waals surface area contributed by atoms with Gasteiger partial charge in [0.25, 0.3) is 5.91 Å². The number of hydrogen-bond donors (Lipinski definition) is 2. The number of thioether (sulfide) groups is 1. The molecule has 0 bridgehead atoms. The number of hydrogen-bond acceptors (Lipinski definition) is 5. The number of halogens is 1. The van der Waals surface area contributed by atoms with E-state index in [0.29, 0.717) is 34.5 Å². The molecule has 6 nitrogen and oxygen atoms in total. The molecule has 172 valence electrons. The molecule has 1 heterocycles. The molecule has 3 aromatic rings. The molecule has 2 amide bonds. The maximum absolute atomic E-state index is 13.0. The zero-order valence-corrected chi connectivity index (χ0v) is 20.0. The Bertz CT molecular complexity index is 1280. The second-order valence-electron chi connectivity index (χ2n) is 7.85. The molecule has 2 N–H and O–H groups in total. The van der Waals surface area contributed by atoms with Crippen molar-refractivity contribution in [2.75, 3.05) is 29.5 Å². The molecule has 0 aromatic heterocycles. The lowest BCUT2D eigenvalue weighted by Crippen LogP contribution is -2.30. The molecule has 34 heavy (non-hydrogen) atoms. The Hall–Kier alpha value is -3.47. The summed E-state index contributed by atoms with van der Waals surface area (Å²) in [5, 5.41) is 18.9. The summed E-state index contributed by atoms with van der Waals surface area (Å²) in [5.41, 5.74) is 1.36. The number of likely N-dealkylation sites (tertiary alicyclic amines) is 1. The van der Waals surface area contributed by atoms with Crippen LogP contribution in [-0.4, -0.2) is 35.6 Å². The fourth-order valence-electron chi connectivity index (χ4n) is 3.71. The first-order valence-corrected chi connectivity index (χ1v) is 12.3. The number of anilines is 2. The summed E-state index contributed by atoms with van der Waals surface area (Å²) in [7, 11) is 0. The van der Waals surface area contributed by atoms with Gasteiger partial charge in [0.05, 0.1) is 10.8 Å². The maximum Gasteiger partial charge on any atom is 0.267 e. The lowest BCUT2D eigenvalue weighted by Gasteiger charge is -2.18.